The summed E-state index contributed by atoms with van der Waals surface area (Å²) in [6, 6.07) is 0. The highest BCUT2D eigenvalue weighted by Crippen LogP contribution is 2.32. The van der Waals surface area contributed by atoms with Gasteiger partial charge in [-0.1, -0.05) is 20.8 Å². The van der Waals surface area contributed by atoms with Crippen LogP contribution < -0.4 is 0 Å². The van der Waals surface area contributed by atoms with Gasteiger partial charge in [0.25, 0.3) is 0 Å². The smallest absolute Gasteiger partial charge is 0.155 e. The minimum Gasteiger partial charge on any atom is -0.224 e. The van der Waals surface area contributed by atoms with Crippen LogP contribution in [0, 0.1) is 6.72 Å². The maximum atomic E-state index is 4.37. The molecule has 0 radical (unpaired) electrons. The van der Waals surface area contributed by atoms with E-state index in [4.69, 9.17) is 0 Å². The summed E-state index contributed by atoms with van der Waals surface area (Å²) in [5.74, 6) is 0. The Labute approximate surface area is 98.3 Å². The summed E-state index contributed by atoms with van der Waals surface area (Å²) >= 11 is 6.36. The van der Waals surface area contributed by atoms with Crippen molar-refractivity contribution in [2.75, 3.05) is 0 Å². The van der Waals surface area contributed by atoms with Gasteiger partial charge in [0.2, 0.25) is 0 Å². The first kappa shape index (κ1) is 10.2. The second kappa shape index (κ2) is 3.45. The van der Waals surface area contributed by atoms with E-state index in [0.29, 0.717) is 0 Å². The molecule has 0 unspecified atom stereocenters. The predicted octanol–water partition coefficient (Wildman–Crippen LogP) is 3.65. The molecular weight excluding hydrogens is 384 g/mol. The number of hydrogen-bond acceptors (Lipinski definition) is 2. The summed E-state index contributed by atoms with van der Waals surface area (Å²) in [5, 5.41) is 0. The van der Waals surface area contributed by atoms with Gasteiger partial charge in [-0.15, -0.1) is 11.3 Å². The van der Waals surface area contributed by atoms with Crippen molar-refractivity contribution < 1.29 is 0 Å². The first-order chi connectivity index (χ1) is 4.91. The van der Waals surface area contributed by atoms with E-state index in [1.165, 1.54) is 4.88 Å². The predicted molar refractivity (Wildman–Crippen MR) is 66.2 cm³/mol. The first-order valence-electron chi connectivity index (χ1n) is 3.23. The number of aromatic nitrogens is 1. The van der Waals surface area contributed by atoms with Crippen LogP contribution in [0.5, 0.6) is 0 Å². The molecule has 1 nitrogen and oxygen atoms in total. The Morgan fingerprint density at radius 1 is 1.27 bits per heavy atom. The zero-order valence-electron chi connectivity index (χ0n) is 6.61. The van der Waals surface area contributed by atoms with Crippen molar-refractivity contribution in [3.63, 3.8) is 0 Å². The van der Waals surface area contributed by atoms with Crippen LogP contribution in [0.3, 0.4) is 0 Å². The quantitative estimate of drug-likeness (QED) is 0.614. The number of thiazole rings is 1. The van der Waals surface area contributed by atoms with Crippen LogP contribution >= 0.6 is 56.5 Å². The van der Waals surface area contributed by atoms with Crippen molar-refractivity contribution in [1.29, 1.82) is 0 Å². The molecule has 0 aliphatic carbocycles. The van der Waals surface area contributed by atoms with Crippen LogP contribution in [-0.4, -0.2) is 4.98 Å². The molecule has 1 heterocycles. The lowest BCUT2D eigenvalue weighted by Crippen LogP contribution is -2.10. The van der Waals surface area contributed by atoms with Gasteiger partial charge >= 0.3 is 0 Å². The molecule has 1 aromatic heterocycles. The largest absolute Gasteiger partial charge is 0.224 e. The van der Waals surface area contributed by atoms with E-state index in [0.717, 1.165) is 6.72 Å². The second-order valence-corrected chi connectivity index (χ2v) is 7.11. The fourth-order valence-electron chi connectivity index (χ4n) is 0.740. The Balaban J connectivity index is 3.13. The van der Waals surface area contributed by atoms with Gasteiger partial charge < -0.3 is 0 Å². The lowest BCUT2D eigenvalue weighted by Gasteiger charge is -2.15. The second-order valence-electron chi connectivity index (χ2n) is 3.34. The van der Waals surface area contributed by atoms with E-state index in [1.54, 1.807) is 11.3 Å². The Kier molecular flexibility index (Phi) is 3.19. The molecule has 0 fully saturated rings. The highest BCUT2D eigenvalue weighted by Gasteiger charge is 2.20. The van der Waals surface area contributed by atoms with Gasteiger partial charge in [-0.05, 0) is 50.6 Å². The van der Waals surface area contributed by atoms with Crippen LogP contribution in [-0.2, 0) is 5.41 Å². The third-order valence-electron chi connectivity index (χ3n) is 1.24. The molecule has 0 saturated carbocycles. The SMILES string of the molecule is CC(C)(C)c1sc(I)nc1I. The standard InChI is InChI=1S/C7H9I2NS/c1-7(2,3)4-5(8)10-6(9)11-4/h1-3H3. The summed E-state index contributed by atoms with van der Waals surface area (Å²) in [6.07, 6.45) is 0. The Bertz CT molecular complexity index is 262. The average molecular weight is 393 g/mol. The van der Waals surface area contributed by atoms with Crippen LogP contribution in [0.2, 0.25) is 0 Å². The van der Waals surface area contributed by atoms with Crippen LogP contribution in [0.1, 0.15) is 25.6 Å². The maximum absolute atomic E-state index is 4.37. The molecular formula is C7H9I2NS. The molecule has 0 saturated heterocycles. The molecule has 0 aromatic carbocycles. The molecule has 1 rings (SSSR count). The molecule has 0 atom stereocenters. The summed E-state index contributed by atoms with van der Waals surface area (Å²) < 4.78 is 2.29. The van der Waals surface area contributed by atoms with Gasteiger partial charge in [0.05, 0.1) is 0 Å². The molecule has 11 heavy (non-hydrogen) atoms. The van der Waals surface area contributed by atoms with Gasteiger partial charge in [-0.3, -0.25) is 0 Å². The number of nitrogens with zero attached hydrogens (tertiary/aromatic N) is 1. The fourth-order valence-corrected chi connectivity index (χ4v) is 4.39. The highest BCUT2D eigenvalue weighted by atomic mass is 127. The van der Waals surface area contributed by atoms with Gasteiger partial charge in [-0.25, -0.2) is 4.98 Å². The van der Waals surface area contributed by atoms with E-state index in [9.17, 15) is 0 Å². The van der Waals surface area contributed by atoms with Crippen LogP contribution in [0.4, 0.5) is 0 Å². The van der Waals surface area contributed by atoms with Crippen LogP contribution in [0.15, 0.2) is 0 Å². The lowest BCUT2D eigenvalue weighted by molar-refractivity contribution is 0.599. The molecule has 0 aliphatic heterocycles. The average Bonchev–Trinajstić information content (AvgIpc) is 2.08. The van der Waals surface area contributed by atoms with E-state index in [-0.39, 0.29) is 5.41 Å². The van der Waals surface area contributed by atoms with E-state index >= 15 is 0 Å². The minimum absolute atomic E-state index is 0.248. The Morgan fingerprint density at radius 2 is 1.82 bits per heavy atom. The third kappa shape index (κ3) is 2.51. The van der Waals surface area contributed by atoms with E-state index in [2.05, 4.69) is 70.9 Å². The topological polar surface area (TPSA) is 12.9 Å². The van der Waals surface area contributed by atoms with Gasteiger partial charge in [0.15, 0.2) is 3.01 Å². The molecule has 4 heteroatoms. The fraction of sp³-hybridized carbons (Fsp3) is 0.571. The highest BCUT2D eigenvalue weighted by molar-refractivity contribution is 14.1. The number of halogens is 2. The normalized spacial score (nSPS) is 12.1. The minimum atomic E-state index is 0.248. The molecule has 0 spiro atoms. The first-order valence-corrected chi connectivity index (χ1v) is 6.21. The summed E-state index contributed by atoms with van der Waals surface area (Å²) in [6.45, 7) is 6.66. The van der Waals surface area contributed by atoms with Crippen LogP contribution in [0.25, 0.3) is 0 Å². The lowest BCUT2D eigenvalue weighted by atomic mass is 9.96. The van der Waals surface area contributed by atoms with E-state index < -0.39 is 0 Å². The molecule has 62 valence electrons. The Hall–Kier alpha value is 1.09. The van der Waals surface area contributed by atoms with Crippen molar-refractivity contribution in [2.24, 2.45) is 0 Å². The Morgan fingerprint density at radius 3 is 2.00 bits per heavy atom. The molecule has 0 bridgehead atoms. The van der Waals surface area contributed by atoms with Gasteiger partial charge in [0, 0.05) is 4.88 Å². The van der Waals surface area contributed by atoms with Crippen molar-refractivity contribution in [3.05, 3.63) is 11.6 Å². The molecule has 0 aliphatic rings. The third-order valence-corrected chi connectivity index (χ3v) is 4.56. The number of rotatable bonds is 0. The van der Waals surface area contributed by atoms with Crippen molar-refractivity contribution in [1.82, 2.24) is 4.98 Å². The molecule has 1 aromatic rings. The monoisotopic (exact) mass is 393 g/mol. The maximum Gasteiger partial charge on any atom is 0.155 e. The van der Waals surface area contributed by atoms with Crippen molar-refractivity contribution >= 4 is 56.5 Å². The zero-order chi connectivity index (χ0) is 8.65. The van der Waals surface area contributed by atoms with Gasteiger partial charge in [-0.2, -0.15) is 0 Å². The summed E-state index contributed by atoms with van der Waals surface area (Å²) in [7, 11) is 0. The summed E-state index contributed by atoms with van der Waals surface area (Å²) in [4.78, 5) is 5.76. The van der Waals surface area contributed by atoms with Crippen molar-refractivity contribution in [3.8, 4) is 0 Å². The molecule has 0 amide bonds. The van der Waals surface area contributed by atoms with E-state index in [1.807, 2.05) is 0 Å². The molecule has 0 N–H and O–H groups in total. The zero-order valence-corrected chi connectivity index (χ0v) is 11.7. The number of hydrogen-bond donors (Lipinski definition) is 0. The van der Waals surface area contributed by atoms with Crippen molar-refractivity contribution in [2.45, 2.75) is 26.2 Å². The van der Waals surface area contributed by atoms with Gasteiger partial charge in [0.1, 0.15) is 3.70 Å². The summed E-state index contributed by atoms with van der Waals surface area (Å²) in [5.41, 5.74) is 0.248.